The molecule has 0 N–H and O–H groups in total. The molecule has 144 valence electrons. The summed E-state index contributed by atoms with van der Waals surface area (Å²) in [5, 5.41) is 1.32. The number of esters is 1. The number of likely N-dealkylation sites (tertiary alicyclic amines) is 1. The van der Waals surface area contributed by atoms with E-state index in [0.29, 0.717) is 29.7 Å². The van der Waals surface area contributed by atoms with Crippen molar-refractivity contribution in [3.05, 3.63) is 29.2 Å². The lowest BCUT2D eigenvalue weighted by atomic mass is 10.1. The highest BCUT2D eigenvalue weighted by molar-refractivity contribution is 6.30. The minimum absolute atomic E-state index is 0.229. The normalized spacial score (nSPS) is 14.6. The zero-order valence-corrected chi connectivity index (χ0v) is 16.2. The van der Waals surface area contributed by atoms with Crippen molar-refractivity contribution >= 4 is 34.4 Å². The lowest BCUT2D eigenvalue weighted by Crippen LogP contribution is -2.57. The molecule has 0 bridgehead atoms. The SMILES string of the molecule is COC(=O)c1cnc(OC2CN(C(=O)OC(C)(C)C)C2)c2cnc(Cl)cc12. The molecule has 3 rings (SSSR count). The van der Waals surface area contributed by atoms with E-state index in [9.17, 15) is 9.59 Å². The van der Waals surface area contributed by atoms with Crippen LogP contribution in [0.2, 0.25) is 5.15 Å². The molecule has 1 amide bonds. The van der Waals surface area contributed by atoms with Gasteiger partial charge >= 0.3 is 12.1 Å². The summed E-state index contributed by atoms with van der Waals surface area (Å²) in [5.74, 6) is -0.211. The third-order valence-electron chi connectivity index (χ3n) is 3.89. The topological polar surface area (TPSA) is 90.9 Å². The van der Waals surface area contributed by atoms with Gasteiger partial charge in [-0.15, -0.1) is 0 Å². The van der Waals surface area contributed by atoms with Crippen LogP contribution in [0, 0.1) is 0 Å². The van der Waals surface area contributed by atoms with Crippen LogP contribution in [-0.2, 0) is 9.47 Å². The minimum Gasteiger partial charge on any atom is -0.470 e. The van der Waals surface area contributed by atoms with Crippen molar-refractivity contribution < 1.29 is 23.8 Å². The van der Waals surface area contributed by atoms with Crippen LogP contribution in [0.3, 0.4) is 0 Å². The number of hydrogen-bond acceptors (Lipinski definition) is 7. The largest absolute Gasteiger partial charge is 0.470 e. The van der Waals surface area contributed by atoms with E-state index in [-0.39, 0.29) is 22.9 Å². The van der Waals surface area contributed by atoms with Crippen LogP contribution < -0.4 is 4.74 Å². The molecule has 0 unspecified atom stereocenters. The average Bonchev–Trinajstić information content (AvgIpc) is 2.54. The number of rotatable bonds is 3. The van der Waals surface area contributed by atoms with Crippen molar-refractivity contribution in [1.29, 1.82) is 0 Å². The molecule has 1 fully saturated rings. The highest BCUT2D eigenvalue weighted by Gasteiger charge is 2.35. The molecule has 2 aromatic rings. The Balaban J connectivity index is 1.76. The Morgan fingerprint density at radius 2 is 1.89 bits per heavy atom. The molecule has 9 heteroatoms. The number of aromatic nitrogens is 2. The maximum Gasteiger partial charge on any atom is 0.410 e. The second-order valence-electron chi connectivity index (χ2n) is 7.15. The Labute approximate surface area is 161 Å². The molecule has 0 saturated carbocycles. The van der Waals surface area contributed by atoms with Crippen LogP contribution in [0.15, 0.2) is 18.5 Å². The molecule has 2 aromatic heterocycles. The predicted octanol–water partition coefficient (Wildman–Crippen LogP) is 3.07. The maximum absolute atomic E-state index is 12.0. The first-order valence-electron chi connectivity index (χ1n) is 8.35. The monoisotopic (exact) mass is 393 g/mol. The molecule has 3 heterocycles. The molecule has 0 atom stereocenters. The number of halogens is 1. The Hall–Kier alpha value is -2.61. The number of nitrogens with zero attached hydrogens (tertiary/aromatic N) is 3. The van der Waals surface area contributed by atoms with Crippen LogP contribution in [0.25, 0.3) is 10.8 Å². The molecular formula is C18H20ClN3O5. The zero-order chi connectivity index (χ0) is 19.8. The number of carbonyl (C=O) groups is 2. The van der Waals surface area contributed by atoms with Gasteiger partial charge < -0.3 is 19.1 Å². The van der Waals surface area contributed by atoms with E-state index >= 15 is 0 Å². The summed E-state index contributed by atoms with van der Waals surface area (Å²) in [6.07, 6.45) is 2.27. The molecule has 27 heavy (non-hydrogen) atoms. The minimum atomic E-state index is -0.546. The van der Waals surface area contributed by atoms with Crippen LogP contribution in [0.5, 0.6) is 5.88 Å². The number of carbonyl (C=O) groups excluding carboxylic acids is 2. The number of fused-ring (bicyclic) bond motifs is 1. The molecule has 0 spiro atoms. The molecular weight excluding hydrogens is 374 g/mol. The van der Waals surface area contributed by atoms with Gasteiger partial charge in [0, 0.05) is 17.8 Å². The average molecular weight is 394 g/mol. The van der Waals surface area contributed by atoms with Crippen molar-refractivity contribution in [2.24, 2.45) is 0 Å². The van der Waals surface area contributed by atoms with Crippen molar-refractivity contribution in [1.82, 2.24) is 14.9 Å². The van der Waals surface area contributed by atoms with Gasteiger partial charge in [0.25, 0.3) is 0 Å². The van der Waals surface area contributed by atoms with E-state index in [0.717, 1.165) is 0 Å². The Bertz CT molecular complexity index is 890. The molecule has 1 saturated heterocycles. The fourth-order valence-electron chi connectivity index (χ4n) is 2.60. The van der Waals surface area contributed by atoms with Crippen molar-refractivity contribution in [2.45, 2.75) is 32.5 Å². The van der Waals surface area contributed by atoms with Gasteiger partial charge in [-0.2, -0.15) is 0 Å². The number of amides is 1. The zero-order valence-electron chi connectivity index (χ0n) is 15.5. The Morgan fingerprint density at radius 3 is 2.52 bits per heavy atom. The first-order valence-corrected chi connectivity index (χ1v) is 8.73. The fraction of sp³-hybridized carbons (Fsp3) is 0.444. The van der Waals surface area contributed by atoms with Gasteiger partial charge in [0.2, 0.25) is 5.88 Å². The third kappa shape index (κ3) is 4.21. The summed E-state index contributed by atoms with van der Waals surface area (Å²) < 4.78 is 16.0. The van der Waals surface area contributed by atoms with Crippen molar-refractivity contribution in [2.75, 3.05) is 20.2 Å². The van der Waals surface area contributed by atoms with Gasteiger partial charge in [0.15, 0.2) is 0 Å². The smallest absolute Gasteiger partial charge is 0.410 e. The first-order chi connectivity index (χ1) is 12.7. The predicted molar refractivity (Wildman–Crippen MR) is 98.1 cm³/mol. The summed E-state index contributed by atoms with van der Waals surface area (Å²) in [7, 11) is 1.29. The summed E-state index contributed by atoms with van der Waals surface area (Å²) in [4.78, 5) is 33.8. The summed E-state index contributed by atoms with van der Waals surface area (Å²) in [6.45, 7) is 6.22. The van der Waals surface area contributed by atoms with E-state index in [2.05, 4.69) is 9.97 Å². The van der Waals surface area contributed by atoms with E-state index < -0.39 is 11.6 Å². The molecule has 8 nitrogen and oxygen atoms in total. The van der Waals surface area contributed by atoms with E-state index in [1.54, 1.807) is 11.0 Å². The number of hydrogen-bond donors (Lipinski definition) is 0. The fourth-order valence-corrected chi connectivity index (χ4v) is 2.76. The van der Waals surface area contributed by atoms with E-state index in [1.807, 2.05) is 20.8 Å². The van der Waals surface area contributed by atoms with Gasteiger partial charge in [-0.25, -0.2) is 19.6 Å². The highest BCUT2D eigenvalue weighted by atomic mass is 35.5. The van der Waals surface area contributed by atoms with Crippen LogP contribution in [0.4, 0.5) is 4.79 Å². The quantitative estimate of drug-likeness (QED) is 0.584. The van der Waals surface area contributed by atoms with Crippen molar-refractivity contribution in [3.63, 3.8) is 0 Å². The second kappa shape index (κ2) is 7.19. The summed E-state index contributed by atoms with van der Waals surface area (Å²) >= 11 is 5.96. The Morgan fingerprint density at radius 1 is 1.19 bits per heavy atom. The van der Waals surface area contributed by atoms with Gasteiger partial charge in [-0.3, -0.25) is 0 Å². The van der Waals surface area contributed by atoms with Crippen LogP contribution in [-0.4, -0.2) is 58.8 Å². The summed E-state index contributed by atoms with van der Waals surface area (Å²) in [6, 6.07) is 1.56. The van der Waals surface area contributed by atoms with Gasteiger partial charge in [-0.05, 0) is 26.8 Å². The number of ether oxygens (including phenoxy) is 3. The van der Waals surface area contributed by atoms with E-state index in [1.165, 1.54) is 19.5 Å². The van der Waals surface area contributed by atoms with Gasteiger partial charge in [-0.1, -0.05) is 11.6 Å². The third-order valence-corrected chi connectivity index (χ3v) is 4.09. The second-order valence-corrected chi connectivity index (χ2v) is 7.53. The summed E-state index contributed by atoms with van der Waals surface area (Å²) in [5.41, 5.74) is -0.275. The van der Waals surface area contributed by atoms with Crippen LogP contribution in [0.1, 0.15) is 31.1 Å². The number of pyridine rings is 2. The molecule has 1 aliphatic heterocycles. The molecule has 0 radical (unpaired) electrons. The van der Waals surface area contributed by atoms with E-state index in [4.69, 9.17) is 25.8 Å². The maximum atomic E-state index is 12.0. The van der Waals surface area contributed by atoms with Crippen molar-refractivity contribution in [3.8, 4) is 5.88 Å². The van der Waals surface area contributed by atoms with Gasteiger partial charge in [0.1, 0.15) is 16.9 Å². The lowest BCUT2D eigenvalue weighted by molar-refractivity contribution is -0.0228. The Kier molecular flexibility index (Phi) is 5.10. The first kappa shape index (κ1) is 19.2. The number of methoxy groups -OCH3 is 1. The lowest BCUT2D eigenvalue weighted by Gasteiger charge is -2.39. The molecule has 0 aliphatic carbocycles. The standard InChI is InChI=1S/C18H20ClN3O5/c1-18(2,3)27-17(24)22-8-10(9-22)26-15-12-6-20-14(19)5-11(12)13(7-21-15)16(23)25-4/h5-7,10H,8-9H2,1-4H3. The molecule has 0 aromatic carbocycles. The molecule has 1 aliphatic rings. The highest BCUT2D eigenvalue weighted by Crippen LogP contribution is 2.30. The van der Waals surface area contributed by atoms with Crippen LogP contribution >= 0.6 is 11.6 Å². The van der Waals surface area contributed by atoms with Gasteiger partial charge in [0.05, 0.1) is 31.1 Å².